The SMILES string of the molecule is CC(=O)[C@@H]1[C@H](/C=C(\C)C(F)(F)F)C1(C)C. The Morgan fingerprint density at radius 2 is 1.73 bits per heavy atom. The zero-order chi connectivity index (χ0) is 12.0. The van der Waals surface area contributed by atoms with Crippen LogP contribution in [0.4, 0.5) is 13.2 Å². The summed E-state index contributed by atoms with van der Waals surface area (Å²) in [6, 6.07) is 0. The number of carbonyl (C=O) groups excluding carboxylic acids is 1. The summed E-state index contributed by atoms with van der Waals surface area (Å²) in [5.41, 5.74) is -0.928. The van der Waals surface area contributed by atoms with Gasteiger partial charge in [0.05, 0.1) is 0 Å². The van der Waals surface area contributed by atoms with Crippen LogP contribution in [0.15, 0.2) is 11.6 Å². The Bertz CT molecular complexity index is 312. The number of alkyl halides is 3. The standard InChI is InChI=1S/C11H15F3O/c1-6(11(12,13)14)5-8-9(7(2)15)10(8,3)4/h5,8-9H,1-4H3/b6-5+/t8-,9+/m0/s1. The highest BCUT2D eigenvalue weighted by Crippen LogP contribution is 2.60. The average Bonchev–Trinajstić information content (AvgIpc) is 2.50. The van der Waals surface area contributed by atoms with Crippen LogP contribution in [0, 0.1) is 17.3 Å². The lowest BCUT2D eigenvalue weighted by molar-refractivity contribution is -0.119. The molecule has 1 rings (SSSR count). The van der Waals surface area contributed by atoms with Gasteiger partial charge in [0.2, 0.25) is 0 Å². The minimum absolute atomic E-state index is 0.0313. The average molecular weight is 220 g/mol. The molecule has 0 spiro atoms. The van der Waals surface area contributed by atoms with Gasteiger partial charge in [0.1, 0.15) is 5.78 Å². The normalized spacial score (nSPS) is 30.2. The van der Waals surface area contributed by atoms with Crippen molar-refractivity contribution in [3.8, 4) is 0 Å². The minimum atomic E-state index is -4.28. The number of rotatable bonds is 2. The van der Waals surface area contributed by atoms with E-state index >= 15 is 0 Å². The number of hydrogen-bond acceptors (Lipinski definition) is 1. The summed E-state index contributed by atoms with van der Waals surface area (Å²) in [6.45, 7) is 6.13. The van der Waals surface area contributed by atoms with Crippen LogP contribution in [0.5, 0.6) is 0 Å². The monoisotopic (exact) mass is 220 g/mol. The molecule has 0 aliphatic heterocycles. The fraction of sp³-hybridized carbons (Fsp3) is 0.727. The van der Waals surface area contributed by atoms with Crippen molar-refractivity contribution in [2.75, 3.05) is 0 Å². The summed E-state index contributed by atoms with van der Waals surface area (Å²) in [7, 11) is 0. The molecule has 4 heteroatoms. The molecule has 1 saturated carbocycles. The first kappa shape index (κ1) is 12.3. The first-order valence-corrected chi connectivity index (χ1v) is 4.84. The molecule has 1 aliphatic rings. The van der Waals surface area contributed by atoms with Gasteiger partial charge in [0.15, 0.2) is 0 Å². The van der Waals surface area contributed by atoms with Crippen molar-refractivity contribution in [3.05, 3.63) is 11.6 Å². The summed E-state index contributed by atoms with van der Waals surface area (Å²) in [6.07, 6.45) is -3.09. The Hall–Kier alpha value is -0.800. The number of halogens is 3. The van der Waals surface area contributed by atoms with Crippen LogP contribution in [0.3, 0.4) is 0 Å². The molecule has 0 aromatic carbocycles. The molecular weight excluding hydrogens is 205 g/mol. The van der Waals surface area contributed by atoms with Gasteiger partial charge >= 0.3 is 6.18 Å². The topological polar surface area (TPSA) is 17.1 Å². The van der Waals surface area contributed by atoms with E-state index in [1.807, 2.05) is 13.8 Å². The van der Waals surface area contributed by atoms with Crippen LogP contribution >= 0.6 is 0 Å². The largest absolute Gasteiger partial charge is 0.412 e. The molecule has 0 aromatic rings. The summed E-state index contributed by atoms with van der Waals surface area (Å²) in [5.74, 6) is -0.553. The van der Waals surface area contributed by atoms with Gasteiger partial charge < -0.3 is 0 Å². The molecule has 0 aromatic heterocycles. The fourth-order valence-electron chi connectivity index (χ4n) is 2.13. The van der Waals surface area contributed by atoms with Crippen LogP contribution in [0.25, 0.3) is 0 Å². The highest BCUT2D eigenvalue weighted by Gasteiger charge is 2.59. The molecule has 1 nitrogen and oxygen atoms in total. The van der Waals surface area contributed by atoms with Crippen molar-refractivity contribution >= 4 is 5.78 Å². The van der Waals surface area contributed by atoms with E-state index in [-0.39, 0.29) is 23.0 Å². The van der Waals surface area contributed by atoms with Gasteiger partial charge in [-0.2, -0.15) is 13.2 Å². The van der Waals surface area contributed by atoms with Crippen molar-refractivity contribution < 1.29 is 18.0 Å². The van der Waals surface area contributed by atoms with E-state index in [0.717, 1.165) is 6.92 Å². The number of hydrogen-bond donors (Lipinski definition) is 0. The molecule has 0 N–H and O–H groups in total. The number of allylic oxidation sites excluding steroid dienone is 2. The van der Waals surface area contributed by atoms with E-state index in [2.05, 4.69) is 0 Å². The van der Waals surface area contributed by atoms with Gasteiger partial charge in [0.25, 0.3) is 0 Å². The zero-order valence-electron chi connectivity index (χ0n) is 9.27. The lowest BCUT2D eigenvalue weighted by Gasteiger charge is -2.06. The third-order valence-corrected chi connectivity index (χ3v) is 3.23. The first-order valence-electron chi connectivity index (χ1n) is 4.84. The van der Waals surface area contributed by atoms with Crippen molar-refractivity contribution in [2.24, 2.45) is 17.3 Å². The smallest absolute Gasteiger partial charge is 0.300 e. The van der Waals surface area contributed by atoms with E-state index in [9.17, 15) is 18.0 Å². The highest BCUT2D eigenvalue weighted by atomic mass is 19.4. The van der Waals surface area contributed by atoms with Gasteiger partial charge in [-0.1, -0.05) is 19.9 Å². The van der Waals surface area contributed by atoms with Crippen LogP contribution in [-0.2, 0) is 4.79 Å². The molecule has 0 unspecified atom stereocenters. The quantitative estimate of drug-likeness (QED) is 0.652. The molecule has 15 heavy (non-hydrogen) atoms. The van der Waals surface area contributed by atoms with Crippen molar-refractivity contribution in [1.29, 1.82) is 0 Å². The molecule has 2 atom stereocenters. The lowest BCUT2D eigenvalue weighted by Crippen LogP contribution is -2.09. The first-order chi connectivity index (χ1) is 6.58. The van der Waals surface area contributed by atoms with Gasteiger partial charge in [-0.05, 0) is 25.2 Å². The predicted molar refractivity (Wildman–Crippen MR) is 51.3 cm³/mol. The van der Waals surface area contributed by atoms with Crippen molar-refractivity contribution in [3.63, 3.8) is 0 Å². The molecule has 1 aliphatic carbocycles. The maximum absolute atomic E-state index is 12.3. The van der Waals surface area contributed by atoms with E-state index in [0.29, 0.717) is 0 Å². The third kappa shape index (κ3) is 2.24. The second-order valence-electron chi connectivity index (χ2n) is 4.78. The molecule has 0 saturated heterocycles. The highest BCUT2D eigenvalue weighted by molar-refractivity contribution is 5.83. The van der Waals surface area contributed by atoms with Gasteiger partial charge in [-0.15, -0.1) is 0 Å². The summed E-state index contributed by atoms with van der Waals surface area (Å²) in [5, 5.41) is 0. The predicted octanol–water partition coefficient (Wildman–Crippen LogP) is 3.36. The summed E-state index contributed by atoms with van der Waals surface area (Å²) >= 11 is 0. The van der Waals surface area contributed by atoms with Crippen molar-refractivity contribution in [1.82, 2.24) is 0 Å². The zero-order valence-corrected chi connectivity index (χ0v) is 9.27. The second kappa shape index (κ2) is 3.35. The number of carbonyl (C=O) groups is 1. The molecule has 0 amide bonds. The Balaban J connectivity index is 2.83. The second-order valence-corrected chi connectivity index (χ2v) is 4.78. The van der Waals surface area contributed by atoms with Crippen molar-refractivity contribution in [2.45, 2.75) is 33.9 Å². The molecular formula is C11H15F3O. The minimum Gasteiger partial charge on any atom is -0.300 e. The molecule has 0 radical (unpaired) electrons. The van der Waals surface area contributed by atoms with Crippen LogP contribution in [0.2, 0.25) is 0 Å². The molecule has 0 heterocycles. The van der Waals surface area contributed by atoms with Crippen LogP contribution in [-0.4, -0.2) is 12.0 Å². The van der Waals surface area contributed by atoms with Gasteiger partial charge in [0, 0.05) is 11.5 Å². The molecule has 86 valence electrons. The van der Waals surface area contributed by atoms with Gasteiger partial charge in [-0.25, -0.2) is 0 Å². The Morgan fingerprint density at radius 1 is 1.27 bits per heavy atom. The number of ketones is 1. The van der Waals surface area contributed by atoms with E-state index < -0.39 is 11.7 Å². The Morgan fingerprint density at radius 3 is 2.00 bits per heavy atom. The maximum atomic E-state index is 12.3. The van der Waals surface area contributed by atoms with Gasteiger partial charge in [-0.3, -0.25) is 4.79 Å². The van der Waals surface area contributed by atoms with E-state index in [1.165, 1.54) is 13.0 Å². The Labute approximate surface area is 87.4 Å². The summed E-state index contributed by atoms with van der Waals surface area (Å²) in [4.78, 5) is 11.2. The summed E-state index contributed by atoms with van der Waals surface area (Å²) < 4.78 is 36.8. The number of Topliss-reactive ketones (excluding diaryl/α,β-unsaturated/α-hetero) is 1. The fourth-order valence-corrected chi connectivity index (χ4v) is 2.13. The van der Waals surface area contributed by atoms with Crippen LogP contribution in [0.1, 0.15) is 27.7 Å². The lowest BCUT2D eigenvalue weighted by atomic mass is 10.1. The maximum Gasteiger partial charge on any atom is 0.412 e. The molecule has 1 fully saturated rings. The van der Waals surface area contributed by atoms with E-state index in [4.69, 9.17) is 0 Å². The van der Waals surface area contributed by atoms with E-state index in [1.54, 1.807) is 0 Å². The molecule has 0 bridgehead atoms. The Kier molecular flexibility index (Phi) is 2.74. The third-order valence-electron chi connectivity index (χ3n) is 3.23. The van der Waals surface area contributed by atoms with Crippen LogP contribution < -0.4 is 0 Å².